The van der Waals surface area contributed by atoms with E-state index in [0.717, 1.165) is 6.07 Å². The lowest BCUT2D eigenvalue weighted by atomic mass is 10.1. The first-order valence-corrected chi connectivity index (χ1v) is 8.72. The quantitative estimate of drug-likeness (QED) is 0.730. The highest BCUT2D eigenvalue weighted by Crippen LogP contribution is 2.44. The van der Waals surface area contributed by atoms with Crippen LogP contribution in [0.1, 0.15) is 42.2 Å². The van der Waals surface area contributed by atoms with Crippen molar-refractivity contribution in [1.29, 1.82) is 0 Å². The molecule has 8 heteroatoms. The summed E-state index contributed by atoms with van der Waals surface area (Å²) in [6, 6.07) is 10.5. The summed E-state index contributed by atoms with van der Waals surface area (Å²) in [5.74, 6) is -0.735. The second-order valence-corrected chi connectivity index (χ2v) is 6.25. The summed E-state index contributed by atoms with van der Waals surface area (Å²) in [5, 5.41) is 8.99. The van der Waals surface area contributed by atoms with Crippen molar-refractivity contribution in [1.82, 2.24) is 0 Å². The Labute approximate surface area is 159 Å². The molecule has 0 saturated heterocycles. The average molecular weight is 396 g/mol. The summed E-state index contributed by atoms with van der Waals surface area (Å²) in [5.41, 5.74) is 0.204. The number of rotatable bonds is 7. The predicted molar refractivity (Wildman–Crippen MR) is 93.4 cm³/mol. The summed E-state index contributed by atoms with van der Waals surface area (Å²) in [6.45, 7) is 2.12. The monoisotopic (exact) mass is 396 g/mol. The summed E-state index contributed by atoms with van der Waals surface area (Å²) >= 11 is 0. The number of ether oxygens (including phenoxy) is 3. The predicted octanol–water partition coefficient (Wildman–Crippen LogP) is 4.77. The van der Waals surface area contributed by atoms with Crippen LogP contribution in [0.5, 0.6) is 11.5 Å². The minimum absolute atomic E-state index is 0.0231. The number of fused-ring (bicyclic) bond motifs is 1. The molecule has 0 spiro atoms. The Morgan fingerprint density at radius 1 is 1.25 bits per heavy atom. The molecular weight excluding hydrogens is 377 g/mol. The number of halogens is 3. The third-order valence-electron chi connectivity index (χ3n) is 4.33. The van der Waals surface area contributed by atoms with Crippen LogP contribution >= 0.6 is 0 Å². The van der Waals surface area contributed by atoms with Crippen LogP contribution in [0.2, 0.25) is 0 Å². The van der Waals surface area contributed by atoms with E-state index < -0.39 is 29.9 Å². The van der Waals surface area contributed by atoms with Gasteiger partial charge in [0.1, 0.15) is 18.1 Å². The molecule has 28 heavy (non-hydrogen) atoms. The van der Waals surface area contributed by atoms with Crippen molar-refractivity contribution in [3.63, 3.8) is 0 Å². The van der Waals surface area contributed by atoms with Gasteiger partial charge in [0.05, 0.1) is 18.1 Å². The minimum atomic E-state index is -4.50. The van der Waals surface area contributed by atoms with Gasteiger partial charge in [-0.3, -0.25) is 4.79 Å². The van der Waals surface area contributed by atoms with E-state index in [0.29, 0.717) is 23.5 Å². The van der Waals surface area contributed by atoms with Gasteiger partial charge in [0.25, 0.3) is 0 Å². The van der Waals surface area contributed by atoms with Gasteiger partial charge in [-0.15, -0.1) is 0 Å². The molecule has 0 amide bonds. The van der Waals surface area contributed by atoms with Crippen LogP contribution in [-0.2, 0) is 15.7 Å². The zero-order valence-corrected chi connectivity index (χ0v) is 15.0. The molecule has 0 bridgehead atoms. The molecule has 1 unspecified atom stereocenters. The number of carboxylic acid groups (broad SMARTS) is 1. The normalized spacial score (nSPS) is 16.9. The first-order chi connectivity index (χ1) is 13.3. The highest BCUT2D eigenvalue weighted by Gasteiger charge is 2.39. The van der Waals surface area contributed by atoms with Gasteiger partial charge >= 0.3 is 12.1 Å². The van der Waals surface area contributed by atoms with E-state index in [1.807, 2.05) is 0 Å². The largest absolute Gasteiger partial charge is 0.488 e. The fraction of sp³-hybridized carbons (Fsp3) is 0.350. The standard InChI is InChI=1S/C20H19F3O5/c1-2-26-16(10-18(24)25)12-6-8-13(9-7-12)28-17-11-27-19-14(17)4-3-5-15(19)20(21,22)23/h3-9,16-17H,2,10-11H2,1H3,(H,24,25)/t16-,17?/m0/s1. The van der Waals surface area contributed by atoms with Crippen molar-refractivity contribution in [3.05, 3.63) is 59.2 Å². The molecule has 2 aromatic carbocycles. The number of para-hydroxylation sites is 1. The fourth-order valence-electron chi connectivity index (χ4n) is 3.10. The van der Waals surface area contributed by atoms with Crippen LogP contribution < -0.4 is 9.47 Å². The molecule has 0 aliphatic carbocycles. The molecule has 0 saturated carbocycles. The molecule has 1 aliphatic heterocycles. The SMILES string of the molecule is CCO[C@@H](CC(=O)O)c1ccc(OC2COc3c2cccc3C(F)(F)F)cc1. The van der Waals surface area contributed by atoms with Crippen molar-refractivity contribution in [2.24, 2.45) is 0 Å². The van der Waals surface area contributed by atoms with Crippen LogP contribution in [-0.4, -0.2) is 24.3 Å². The number of alkyl halides is 3. The smallest absolute Gasteiger partial charge is 0.419 e. The lowest BCUT2D eigenvalue weighted by Gasteiger charge is -2.17. The highest BCUT2D eigenvalue weighted by molar-refractivity contribution is 5.67. The van der Waals surface area contributed by atoms with Crippen molar-refractivity contribution >= 4 is 5.97 Å². The Balaban J connectivity index is 1.75. The van der Waals surface area contributed by atoms with Gasteiger partial charge < -0.3 is 19.3 Å². The zero-order valence-electron chi connectivity index (χ0n) is 15.0. The van der Waals surface area contributed by atoms with Gasteiger partial charge in [-0.1, -0.05) is 24.3 Å². The number of carboxylic acids is 1. The average Bonchev–Trinajstić information content (AvgIpc) is 3.04. The molecule has 150 valence electrons. The van der Waals surface area contributed by atoms with Crippen molar-refractivity contribution < 1.29 is 37.3 Å². The maximum Gasteiger partial charge on any atom is 0.419 e. The first-order valence-electron chi connectivity index (χ1n) is 8.72. The number of carbonyl (C=O) groups is 1. The maximum atomic E-state index is 13.1. The van der Waals surface area contributed by atoms with E-state index in [9.17, 15) is 18.0 Å². The number of aliphatic carboxylic acids is 1. The van der Waals surface area contributed by atoms with Crippen LogP contribution in [0.15, 0.2) is 42.5 Å². The fourth-order valence-corrected chi connectivity index (χ4v) is 3.10. The summed E-state index contributed by atoms with van der Waals surface area (Å²) in [7, 11) is 0. The maximum absolute atomic E-state index is 13.1. The van der Waals surface area contributed by atoms with Gasteiger partial charge in [0.2, 0.25) is 0 Å². The molecule has 0 radical (unpaired) electrons. The highest BCUT2D eigenvalue weighted by atomic mass is 19.4. The summed E-state index contributed by atoms with van der Waals surface area (Å²) in [6.07, 6.45) is -5.91. The first kappa shape index (κ1) is 20.0. The van der Waals surface area contributed by atoms with Gasteiger partial charge in [0.15, 0.2) is 6.10 Å². The number of hydrogen-bond donors (Lipinski definition) is 1. The molecule has 1 aliphatic rings. The summed E-state index contributed by atoms with van der Waals surface area (Å²) in [4.78, 5) is 11.0. The zero-order chi connectivity index (χ0) is 20.3. The Kier molecular flexibility index (Phi) is 5.79. The van der Waals surface area contributed by atoms with E-state index in [4.69, 9.17) is 19.3 Å². The van der Waals surface area contributed by atoms with E-state index >= 15 is 0 Å². The molecule has 1 N–H and O–H groups in total. The third-order valence-corrected chi connectivity index (χ3v) is 4.33. The molecule has 2 atom stereocenters. The number of hydrogen-bond acceptors (Lipinski definition) is 4. The lowest BCUT2D eigenvalue weighted by Crippen LogP contribution is -2.11. The minimum Gasteiger partial charge on any atom is -0.488 e. The van der Waals surface area contributed by atoms with E-state index in [-0.39, 0.29) is 18.8 Å². The van der Waals surface area contributed by atoms with Crippen molar-refractivity contribution in [2.75, 3.05) is 13.2 Å². The van der Waals surface area contributed by atoms with Gasteiger partial charge in [-0.25, -0.2) is 0 Å². The Bertz CT molecular complexity index is 833. The van der Waals surface area contributed by atoms with E-state index in [1.54, 1.807) is 37.3 Å². The second-order valence-electron chi connectivity index (χ2n) is 6.25. The molecule has 5 nitrogen and oxygen atoms in total. The van der Waals surface area contributed by atoms with Crippen LogP contribution in [0, 0.1) is 0 Å². The van der Waals surface area contributed by atoms with Crippen LogP contribution in [0.3, 0.4) is 0 Å². The molecule has 3 rings (SSSR count). The Hall–Kier alpha value is -2.74. The molecule has 2 aromatic rings. The van der Waals surface area contributed by atoms with Gasteiger partial charge in [-0.2, -0.15) is 13.2 Å². The molecule has 0 fully saturated rings. The molecular formula is C20H19F3O5. The van der Waals surface area contributed by atoms with E-state index in [2.05, 4.69) is 0 Å². The lowest BCUT2D eigenvalue weighted by molar-refractivity contribution is -0.140. The topological polar surface area (TPSA) is 65.0 Å². The summed E-state index contributed by atoms with van der Waals surface area (Å²) < 4.78 is 55.8. The number of benzene rings is 2. The van der Waals surface area contributed by atoms with E-state index in [1.165, 1.54) is 6.07 Å². The van der Waals surface area contributed by atoms with Crippen molar-refractivity contribution in [2.45, 2.75) is 31.7 Å². The Morgan fingerprint density at radius 2 is 1.96 bits per heavy atom. The van der Waals surface area contributed by atoms with Crippen molar-refractivity contribution in [3.8, 4) is 11.5 Å². The van der Waals surface area contributed by atoms with Gasteiger partial charge in [-0.05, 0) is 30.7 Å². The van der Waals surface area contributed by atoms with Gasteiger partial charge in [0, 0.05) is 12.2 Å². The van der Waals surface area contributed by atoms with Crippen LogP contribution in [0.25, 0.3) is 0 Å². The second kappa shape index (κ2) is 8.10. The third kappa shape index (κ3) is 4.39. The molecule has 1 heterocycles. The van der Waals surface area contributed by atoms with Crippen LogP contribution in [0.4, 0.5) is 13.2 Å². The molecule has 0 aromatic heterocycles. The Morgan fingerprint density at radius 3 is 2.57 bits per heavy atom.